The SMILES string of the molecule is Cc1ccc(F)c(C(=O)Nc2cccc(C#CCO)n2)c1. The van der Waals surface area contributed by atoms with Crippen molar-refractivity contribution in [2.45, 2.75) is 6.92 Å². The molecule has 0 bridgehead atoms. The third-order valence-corrected chi connectivity index (χ3v) is 2.65. The van der Waals surface area contributed by atoms with E-state index >= 15 is 0 Å². The summed E-state index contributed by atoms with van der Waals surface area (Å²) in [6.07, 6.45) is 0. The molecule has 0 saturated carbocycles. The molecule has 1 heterocycles. The quantitative estimate of drug-likeness (QED) is 0.830. The topological polar surface area (TPSA) is 62.2 Å². The van der Waals surface area contributed by atoms with Crippen molar-refractivity contribution in [3.8, 4) is 11.8 Å². The Bertz CT molecular complexity index is 733. The van der Waals surface area contributed by atoms with Gasteiger partial charge in [0.25, 0.3) is 5.91 Å². The van der Waals surface area contributed by atoms with Crippen molar-refractivity contribution in [2.75, 3.05) is 11.9 Å². The number of benzene rings is 1. The van der Waals surface area contributed by atoms with Gasteiger partial charge in [0, 0.05) is 0 Å². The summed E-state index contributed by atoms with van der Waals surface area (Å²) in [4.78, 5) is 16.1. The van der Waals surface area contributed by atoms with E-state index in [1.165, 1.54) is 12.1 Å². The van der Waals surface area contributed by atoms with Crippen molar-refractivity contribution in [1.29, 1.82) is 0 Å². The number of carbonyl (C=O) groups excluding carboxylic acids is 1. The predicted octanol–water partition coefficient (Wildman–Crippen LogP) is 2.13. The maximum absolute atomic E-state index is 13.6. The number of pyridine rings is 1. The highest BCUT2D eigenvalue weighted by atomic mass is 19.1. The first-order valence-corrected chi connectivity index (χ1v) is 6.24. The molecule has 1 aromatic carbocycles. The largest absolute Gasteiger partial charge is 0.384 e. The lowest BCUT2D eigenvalue weighted by molar-refractivity contribution is 0.102. The Labute approximate surface area is 121 Å². The molecule has 0 spiro atoms. The van der Waals surface area contributed by atoms with E-state index in [-0.39, 0.29) is 18.0 Å². The monoisotopic (exact) mass is 284 g/mol. The number of aliphatic hydroxyl groups is 1. The van der Waals surface area contributed by atoms with Crippen LogP contribution in [0.5, 0.6) is 0 Å². The number of hydrogen-bond donors (Lipinski definition) is 2. The van der Waals surface area contributed by atoms with Crippen molar-refractivity contribution in [3.63, 3.8) is 0 Å². The van der Waals surface area contributed by atoms with Gasteiger partial charge in [-0.1, -0.05) is 23.6 Å². The van der Waals surface area contributed by atoms with Gasteiger partial charge in [-0.25, -0.2) is 9.37 Å². The standard InChI is InChI=1S/C16H13FN2O2/c1-11-7-8-14(17)13(10-11)16(21)19-15-6-2-4-12(18-15)5-3-9-20/h2,4,6-8,10,20H,9H2,1H3,(H,18,19,21). The molecule has 2 aromatic rings. The molecule has 0 aliphatic carbocycles. The second kappa shape index (κ2) is 6.64. The zero-order valence-corrected chi connectivity index (χ0v) is 11.4. The highest BCUT2D eigenvalue weighted by Crippen LogP contribution is 2.12. The molecule has 1 amide bonds. The van der Waals surface area contributed by atoms with Crippen molar-refractivity contribution < 1.29 is 14.3 Å². The molecule has 0 saturated heterocycles. The summed E-state index contributed by atoms with van der Waals surface area (Å²) < 4.78 is 13.6. The van der Waals surface area contributed by atoms with Crippen LogP contribution in [-0.2, 0) is 0 Å². The van der Waals surface area contributed by atoms with Gasteiger partial charge >= 0.3 is 0 Å². The first kappa shape index (κ1) is 14.7. The van der Waals surface area contributed by atoms with Crippen molar-refractivity contribution in [3.05, 3.63) is 59.0 Å². The van der Waals surface area contributed by atoms with Gasteiger partial charge in [0.15, 0.2) is 0 Å². The highest BCUT2D eigenvalue weighted by molar-refractivity contribution is 6.04. The van der Waals surface area contributed by atoms with Gasteiger partial charge in [-0.2, -0.15) is 0 Å². The Kier molecular flexibility index (Phi) is 4.64. The lowest BCUT2D eigenvalue weighted by atomic mass is 10.1. The third kappa shape index (κ3) is 3.88. The van der Waals surface area contributed by atoms with Gasteiger partial charge in [-0.3, -0.25) is 4.79 Å². The molecule has 0 atom stereocenters. The van der Waals surface area contributed by atoms with Gasteiger partial charge < -0.3 is 10.4 Å². The van der Waals surface area contributed by atoms with Crippen LogP contribution in [0.25, 0.3) is 0 Å². The molecule has 0 fully saturated rings. The number of carbonyl (C=O) groups is 1. The van der Waals surface area contributed by atoms with E-state index in [0.29, 0.717) is 5.69 Å². The second-order valence-electron chi connectivity index (χ2n) is 4.31. The molecule has 4 nitrogen and oxygen atoms in total. The average Bonchev–Trinajstić information content (AvgIpc) is 2.48. The summed E-state index contributed by atoms with van der Waals surface area (Å²) in [5.41, 5.74) is 1.16. The minimum Gasteiger partial charge on any atom is -0.384 e. The van der Waals surface area contributed by atoms with Crippen LogP contribution in [0.1, 0.15) is 21.6 Å². The van der Waals surface area contributed by atoms with Gasteiger partial charge in [0.2, 0.25) is 0 Å². The van der Waals surface area contributed by atoms with E-state index in [1.54, 1.807) is 31.2 Å². The molecule has 2 rings (SSSR count). The molecule has 0 aliphatic rings. The van der Waals surface area contributed by atoms with Crippen molar-refractivity contribution >= 4 is 11.7 Å². The van der Waals surface area contributed by atoms with Gasteiger partial charge in [0.05, 0.1) is 5.56 Å². The van der Waals surface area contributed by atoms with Crippen LogP contribution >= 0.6 is 0 Å². The Morgan fingerprint density at radius 3 is 2.95 bits per heavy atom. The smallest absolute Gasteiger partial charge is 0.259 e. The highest BCUT2D eigenvalue weighted by Gasteiger charge is 2.12. The van der Waals surface area contributed by atoms with Crippen LogP contribution in [0.2, 0.25) is 0 Å². The molecule has 1 aromatic heterocycles. The first-order chi connectivity index (χ1) is 10.1. The maximum Gasteiger partial charge on any atom is 0.259 e. The number of hydrogen-bond acceptors (Lipinski definition) is 3. The summed E-state index contributed by atoms with van der Waals surface area (Å²) >= 11 is 0. The fraction of sp³-hybridized carbons (Fsp3) is 0.125. The molecular formula is C16H13FN2O2. The molecule has 0 radical (unpaired) electrons. The number of aryl methyl sites for hydroxylation is 1. The van der Waals surface area contributed by atoms with Crippen molar-refractivity contribution in [2.24, 2.45) is 0 Å². The molecule has 5 heteroatoms. The normalized spacial score (nSPS) is 9.67. The lowest BCUT2D eigenvalue weighted by Gasteiger charge is -2.06. The Morgan fingerprint density at radius 1 is 1.38 bits per heavy atom. The predicted molar refractivity (Wildman–Crippen MR) is 77.3 cm³/mol. The Morgan fingerprint density at radius 2 is 2.19 bits per heavy atom. The van der Waals surface area contributed by atoms with Crippen LogP contribution in [0.15, 0.2) is 36.4 Å². The van der Waals surface area contributed by atoms with Crippen LogP contribution in [0, 0.1) is 24.6 Å². The molecule has 106 valence electrons. The summed E-state index contributed by atoms with van der Waals surface area (Å²) in [6, 6.07) is 9.20. The molecule has 0 unspecified atom stereocenters. The van der Waals surface area contributed by atoms with Crippen LogP contribution < -0.4 is 5.32 Å². The van der Waals surface area contributed by atoms with Crippen molar-refractivity contribution in [1.82, 2.24) is 4.98 Å². The minimum absolute atomic E-state index is 0.0383. The number of nitrogens with one attached hydrogen (secondary N) is 1. The van der Waals surface area contributed by atoms with E-state index < -0.39 is 11.7 Å². The third-order valence-electron chi connectivity index (χ3n) is 2.65. The van der Waals surface area contributed by atoms with E-state index in [1.807, 2.05) is 0 Å². The van der Waals surface area contributed by atoms with E-state index in [4.69, 9.17) is 5.11 Å². The van der Waals surface area contributed by atoms with Gasteiger partial charge in [0.1, 0.15) is 23.9 Å². The molecule has 2 N–H and O–H groups in total. The van der Waals surface area contributed by atoms with E-state index in [0.717, 1.165) is 5.56 Å². The Balaban J connectivity index is 2.21. The molecule has 0 aliphatic heterocycles. The summed E-state index contributed by atoms with van der Waals surface area (Å²) in [5, 5.41) is 11.2. The lowest BCUT2D eigenvalue weighted by Crippen LogP contribution is -2.15. The van der Waals surface area contributed by atoms with E-state index in [9.17, 15) is 9.18 Å². The number of aliphatic hydroxyl groups excluding tert-OH is 1. The average molecular weight is 284 g/mol. The number of aromatic nitrogens is 1. The number of rotatable bonds is 2. The van der Waals surface area contributed by atoms with Crippen LogP contribution in [0.3, 0.4) is 0 Å². The number of nitrogens with zero attached hydrogens (tertiary/aromatic N) is 1. The molecular weight excluding hydrogens is 271 g/mol. The molecule has 21 heavy (non-hydrogen) atoms. The summed E-state index contributed by atoms with van der Waals surface area (Å²) in [7, 11) is 0. The fourth-order valence-electron chi connectivity index (χ4n) is 1.70. The number of halogens is 1. The fourth-order valence-corrected chi connectivity index (χ4v) is 1.70. The maximum atomic E-state index is 13.6. The second-order valence-corrected chi connectivity index (χ2v) is 4.31. The zero-order chi connectivity index (χ0) is 15.2. The van der Waals surface area contributed by atoms with Crippen LogP contribution in [0.4, 0.5) is 10.2 Å². The zero-order valence-electron chi connectivity index (χ0n) is 11.4. The van der Waals surface area contributed by atoms with E-state index in [2.05, 4.69) is 22.1 Å². The number of anilines is 1. The summed E-state index contributed by atoms with van der Waals surface area (Å²) in [6.45, 7) is 1.51. The summed E-state index contributed by atoms with van der Waals surface area (Å²) in [5.74, 6) is 4.20. The first-order valence-electron chi connectivity index (χ1n) is 6.24. The Hall–Kier alpha value is -2.71. The van der Waals surface area contributed by atoms with Gasteiger partial charge in [-0.05, 0) is 37.1 Å². The van der Waals surface area contributed by atoms with Gasteiger partial charge in [-0.15, -0.1) is 0 Å². The number of amides is 1. The van der Waals surface area contributed by atoms with Crippen LogP contribution in [-0.4, -0.2) is 22.6 Å². The minimum atomic E-state index is -0.589.